The van der Waals surface area contributed by atoms with Gasteiger partial charge in [0.05, 0.1) is 16.3 Å². The summed E-state index contributed by atoms with van der Waals surface area (Å²) in [6.45, 7) is 0. The van der Waals surface area contributed by atoms with Crippen LogP contribution in [0.15, 0.2) is 12.1 Å². The number of benzene rings is 1. The molecule has 0 amide bonds. The standard InChI is InChI=1S/C8H4Cl2F3NO/c9-3-1-4(6(14)5(10)2-3)7(15)8(11,12)13/h1-2H,14H2. The average Bonchev–Trinajstić information content (AvgIpc) is 2.08. The summed E-state index contributed by atoms with van der Waals surface area (Å²) in [4.78, 5) is 10.9. The van der Waals surface area contributed by atoms with Crippen LogP contribution in [0.25, 0.3) is 0 Å². The molecule has 1 aromatic rings. The number of alkyl halides is 3. The Morgan fingerprint density at radius 1 is 1.27 bits per heavy atom. The van der Waals surface area contributed by atoms with Gasteiger partial charge in [-0.3, -0.25) is 4.79 Å². The molecule has 0 bridgehead atoms. The molecule has 0 unspecified atom stereocenters. The summed E-state index contributed by atoms with van der Waals surface area (Å²) in [6, 6.07) is 1.99. The van der Waals surface area contributed by atoms with Crippen LogP contribution in [0.4, 0.5) is 18.9 Å². The van der Waals surface area contributed by atoms with E-state index in [4.69, 9.17) is 28.9 Å². The molecule has 2 nitrogen and oxygen atoms in total. The Kier molecular flexibility index (Phi) is 3.16. The first-order chi connectivity index (χ1) is 6.73. The van der Waals surface area contributed by atoms with Crippen molar-refractivity contribution in [1.29, 1.82) is 0 Å². The Morgan fingerprint density at radius 2 is 1.80 bits per heavy atom. The van der Waals surface area contributed by atoms with Crippen molar-refractivity contribution < 1.29 is 18.0 Å². The fourth-order valence-electron chi connectivity index (χ4n) is 0.925. The van der Waals surface area contributed by atoms with Gasteiger partial charge in [-0.2, -0.15) is 13.2 Å². The monoisotopic (exact) mass is 257 g/mol. The molecule has 0 aliphatic rings. The Balaban J connectivity index is 3.32. The van der Waals surface area contributed by atoms with Crippen LogP contribution in [-0.2, 0) is 0 Å². The molecule has 1 rings (SSSR count). The summed E-state index contributed by atoms with van der Waals surface area (Å²) in [6.07, 6.45) is -5.00. The van der Waals surface area contributed by atoms with Gasteiger partial charge in [0.25, 0.3) is 5.78 Å². The molecule has 0 aromatic heterocycles. The summed E-state index contributed by atoms with van der Waals surface area (Å²) in [5.41, 5.74) is 4.07. The average molecular weight is 258 g/mol. The van der Waals surface area contributed by atoms with E-state index in [9.17, 15) is 18.0 Å². The maximum Gasteiger partial charge on any atom is 0.454 e. The van der Waals surface area contributed by atoms with Crippen molar-refractivity contribution in [2.24, 2.45) is 0 Å². The first-order valence-electron chi connectivity index (χ1n) is 3.59. The maximum absolute atomic E-state index is 12.1. The molecule has 0 heterocycles. The van der Waals surface area contributed by atoms with Crippen molar-refractivity contribution >= 4 is 34.7 Å². The zero-order valence-electron chi connectivity index (χ0n) is 7.03. The number of carbonyl (C=O) groups is 1. The number of nitrogen functional groups attached to an aromatic ring is 1. The fraction of sp³-hybridized carbons (Fsp3) is 0.125. The second-order valence-corrected chi connectivity index (χ2v) is 3.52. The highest BCUT2D eigenvalue weighted by molar-refractivity contribution is 6.37. The SMILES string of the molecule is Nc1c(Cl)cc(Cl)cc1C(=O)C(F)(F)F. The molecule has 15 heavy (non-hydrogen) atoms. The molecule has 0 saturated heterocycles. The summed E-state index contributed by atoms with van der Waals surface area (Å²) in [5.74, 6) is -2.07. The topological polar surface area (TPSA) is 43.1 Å². The van der Waals surface area contributed by atoms with Crippen molar-refractivity contribution in [3.63, 3.8) is 0 Å². The minimum Gasteiger partial charge on any atom is -0.397 e. The predicted octanol–water partition coefficient (Wildman–Crippen LogP) is 3.32. The van der Waals surface area contributed by atoms with E-state index in [-0.39, 0.29) is 10.0 Å². The molecule has 0 spiro atoms. The number of hydrogen-bond acceptors (Lipinski definition) is 2. The fourth-order valence-corrected chi connectivity index (χ4v) is 1.42. The van der Waals surface area contributed by atoms with Gasteiger partial charge in [0.15, 0.2) is 0 Å². The van der Waals surface area contributed by atoms with Crippen LogP contribution in [0.3, 0.4) is 0 Å². The van der Waals surface area contributed by atoms with Crippen LogP contribution in [0, 0.1) is 0 Å². The highest BCUT2D eigenvalue weighted by Gasteiger charge is 2.40. The van der Waals surface area contributed by atoms with Gasteiger partial charge in [0.1, 0.15) is 0 Å². The second-order valence-electron chi connectivity index (χ2n) is 2.68. The van der Waals surface area contributed by atoms with Crippen molar-refractivity contribution in [1.82, 2.24) is 0 Å². The molecule has 0 aliphatic heterocycles. The number of Topliss-reactive ketones (excluding diaryl/α,β-unsaturated/α-hetero) is 1. The van der Waals surface area contributed by atoms with E-state index < -0.39 is 23.2 Å². The second kappa shape index (κ2) is 3.90. The van der Waals surface area contributed by atoms with Gasteiger partial charge in [0.2, 0.25) is 0 Å². The van der Waals surface area contributed by atoms with Gasteiger partial charge < -0.3 is 5.73 Å². The van der Waals surface area contributed by atoms with Crippen LogP contribution in [0.5, 0.6) is 0 Å². The van der Waals surface area contributed by atoms with Crippen LogP contribution in [0.2, 0.25) is 10.0 Å². The molecule has 2 N–H and O–H groups in total. The summed E-state index contributed by atoms with van der Waals surface area (Å²) >= 11 is 10.9. The van der Waals surface area contributed by atoms with Gasteiger partial charge in [-0.05, 0) is 12.1 Å². The van der Waals surface area contributed by atoms with E-state index in [1.807, 2.05) is 0 Å². The molecule has 0 radical (unpaired) electrons. The van der Waals surface area contributed by atoms with Gasteiger partial charge in [-0.25, -0.2) is 0 Å². The van der Waals surface area contributed by atoms with E-state index in [2.05, 4.69) is 0 Å². The lowest BCUT2D eigenvalue weighted by atomic mass is 10.1. The molecule has 0 saturated carbocycles. The van der Waals surface area contributed by atoms with Crippen molar-refractivity contribution in [2.75, 3.05) is 5.73 Å². The minimum absolute atomic E-state index is 0.0817. The number of anilines is 1. The van der Waals surface area contributed by atoms with Crippen molar-refractivity contribution in [3.05, 3.63) is 27.7 Å². The third-order valence-corrected chi connectivity index (χ3v) is 2.13. The first kappa shape index (κ1) is 12.1. The molecule has 0 aliphatic carbocycles. The highest BCUT2D eigenvalue weighted by Crippen LogP contribution is 2.31. The quantitative estimate of drug-likeness (QED) is 0.620. The number of rotatable bonds is 1. The number of nitrogens with two attached hydrogens (primary N) is 1. The van der Waals surface area contributed by atoms with Crippen molar-refractivity contribution in [3.8, 4) is 0 Å². The van der Waals surface area contributed by atoms with E-state index in [0.29, 0.717) is 0 Å². The molecule has 7 heteroatoms. The number of hydrogen-bond donors (Lipinski definition) is 1. The molecule has 0 atom stereocenters. The zero-order valence-corrected chi connectivity index (χ0v) is 8.54. The van der Waals surface area contributed by atoms with E-state index >= 15 is 0 Å². The van der Waals surface area contributed by atoms with Crippen molar-refractivity contribution in [2.45, 2.75) is 6.18 Å². The Morgan fingerprint density at radius 3 is 2.27 bits per heavy atom. The normalized spacial score (nSPS) is 11.5. The van der Waals surface area contributed by atoms with Crippen LogP contribution in [0.1, 0.15) is 10.4 Å². The van der Waals surface area contributed by atoms with Gasteiger partial charge in [-0.15, -0.1) is 0 Å². The largest absolute Gasteiger partial charge is 0.454 e. The van der Waals surface area contributed by atoms with E-state index in [1.54, 1.807) is 0 Å². The van der Waals surface area contributed by atoms with Crippen LogP contribution >= 0.6 is 23.2 Å². The van der Waals surface area contributed by atoms with Gasteiger partial charge >= 0.3 is 6.18 Å². The Bertz CT molecular complexity index is 417. The molecule has 1 aromatic carbocycles. The van der Waals surface area contributed by atoms with E-state index in [1.165, 1.54) is 0 Å². The third-order valence-electron chi connectivity index (χ3n) is 1.60. The Hall–Kier alpha value is -0.940. The lowest BCUT2D eigenvalue weighted by Gasteiger charge is -2.09. The smallest absolute Gasteiger partial charge is 0.397 e. The number of halogens is 5. The molecule has 82 valence electrons. The summed E-state index contributed by atoms with van der Waals surface area (Å²) in [7, 11) is 0. The zero-order chi connectivity index (χ0) is 11.8. The lowest BCUT2D eigenvalue weighted by Crippen LogP contribution is -2.23. The summed E-state index contributed by atoms with van der Waals surface area (Å²) in [5, 5.41) is -0.267. The van der Waals surface area contributed by atoms with Gasteiger partial charge in [0, 0.05) is 5.02 Å². The molecular formula is C8H4Cl2F3NO. The molecular weight excluding hydrogens is 254 g/mol. The summed E-state index contributed by atoms with van der Waals surface area (Å²) < 4.78 is 36.3. The van der Waals surface area contributed by atoms with E-state index in [0.717, 1.165) is 12.1 Å². The van der Waals surface area contributed by atoms with Crippen LogP contribution in [-0.4, -0.2) is 12.0 Å². The lowest BCUT2D eigenvalue weighted by molar-refractivity contribution is -0.0884. The highest BCUT2D eigenvalue weighted by atomic mass is 35.5. The maximum atomic E-state index is 12.1. The van der Waals surface area contributed by atoms with Gasteiger partial charge in [-0.1, -0.05) is 23.2 Å². The number of carbonyl (C=O) groups excluding carboxylic acids is 1. The number of ketones is 1. The molecule has 0 fully saturated rings. The van der Waals surface area contributed by atoms with Crippen LogP contribution < -0.4 is 5.73 Å². The Labute approximate surface area is 92.8 Å². The predicted molar refractivity (Wildman–Crippen MR) is 51.3 cm³/mol. The minimum atomic E-state index is -5.00. The first-order valence-corrected chi connectivity index (χ1v) is 4.35. The third kappa shape index (κ3) is 2.54.